The van der Waals surface area contributed by atoms with Crippen LogP contribution in [0.15, 0.2) is 82.8 Å². The maximum Gasteiger partial charge on any atom is 0.121 e. The van der Waals surface area contributed by atoms with Gasteiger partial charge in [-0.05, 0) is 137 Å². The third-order valence-corrected chi connectivity index (χ3v) is 16.4. The Kier molecular flexibility index (Phi) is 28.4. The minimum atomic E-state index is -0.0343. The molecule has 1 N–H and O–H groups in total. The number of azide groups is 2. The molecule has 1 fully saturated rings. The number of aliphatic hydroxyl groups excluding tert-OH is 1. The molecule has 0 bridgehead atoms. The van der Waals surface area contributed by atoms with Crippen LogP contribution in [0.25, 0.3) is 20.9 Å². The molecule has 6 rings (SSSR count). The van der Waals surface area contributed by atoms with E-state index in [1.165, 1.54) is 34.1 Å². The zero-order chi connectivity index (χ0) is 61.4. The first-order valence-electron chi connectivity index (χ1n) is 31.5. The number of fused-ring (bicyclic) bond motifs is 2. The van der Waals surface area contributed by atoms with E-state index in [0.29, 0.717) is 106 Å². The van der Waals surface area contributed by atoms with Crippen molar-refractivity contribution < 1.29 is 43.0 Å². The Morgan fingerprint density at radius 1 is 0.506 bits per heavy atom. The van der Waals surface area contributed by atoms with Crippen LogP contribution in [0.2, 0.25) is 0 Å². The van der Waals surface area contributed by atoms with Gasteiger partial charge in [0, 0.05) is 101 Å². The van der Waals surface area contributed by atoms with E-state index in [-0.39, 0.29) is 79.1 Å². The van der Waals surface area contributed by atoms with Gasteiger partial charge in [-0.3, -0.25) is 0 Å². The molecule has 6 unspecified atom stereocenters. The fourth-order valence-corrected chi connectivity index (χ4v) is 13.4. The normalized spacial score (nSPS) is 20.7. The lowest BCUT2D eigenvalue weighted by atomic mass is 9.72. The zero-order valence-corrected chi connectivity index (χ0v) is 53.5. The molecule has 21 nitrogen and oxygen atoms in total. The monoisotopic (exact) mass is 1180 g/mol. The van der Waals surface area contributed by atoms with Crippen molar-refractivity contribution in [2.45, 2.75) is 170 Å². The van der Waals surface area contributed by atoms with E-state index in [9.17, 15) is 5.11 Å². The molecule has 4 aliphatic rings. The van der Waals surface area contributed by atoms with Crippen LogP contribution in [0.4, 0.5) is 22.7 Å². The van der Waals surface area contributed by atoms with Gasteiger partial charge in [0.2, 0.25) is 0 Å². The van der Waals surface area contributed by atoms with Gasteiger partial charge in [-0.2, -0.15) is 0 Å². The van der Waals surface area contributed by atoms with E-state index in [0.717, 1.165) is 43.6 Å². The van der Waals surface area contributed by atoms with Crippen LogP contribution in [0, 0.1) is 17.8 Å². The summed E-state index contributed by atoms with van der Waals surface area (Å²) in [7, 11) is 0. The third kappa shape index (κ3) is 17.8. The van der Waals surface area contributed by atoms with Crippen LogP contribution in [-0.4, -0.2) is 182 Å². The van der Waals surface area contributed by atoms with Gasteiger partial charge in [-0.1, -0.05) is 35.2 Å². The first-order valence-corrected chi connectivity index (χ1v) is 31.5. The van der Waals surface area contributed by atoms with Gasteiger partial charge in [0.25, 0.3) is 0 Å². The van der Waals surface area contributed by atoms with Crippen LogP contribution in [0.5, 0.6) is 11.5 Å². The second-order valence-electron chi connectivity index (χ2n) is 23.9. The summed E-state index contributed by atoms with van der Waals surface area (Å²) >= 11 is 0. The van der Waals surface area contributed by atoms with E-state index in [1.54, 1.807) is 0 Å². The molecule has 0 saturated heterocycles. The topological polar surface area (TPSA) is 211 Å². The van der Waals surface area contributed by atoms with Crippen LogP contribution < -0.4 is 29.1 Å². The van der Waals surface area contributed by atoms with Crippen LogP contribution >= 0.6 is 0 Å². The molecule has 6 atom stereocenters. The molecule has 0 spiro atoms. The Bertz CT molecular complexity index is 2500. The summed E-state index contributed by atoms with van der Waals surface area (Å²) in [5.41, 5.74) is 24.2. The van der Waals surface area contributed by atoms with Crippen molar-refractivity contribution in [3.05, 3.63) is 93.5 Å². The molecule has 3 aliphatic heterocycles. The number of ether oxygens (including phenoxy) is 8. The van der Waals surface area contributed by atoms with Gasteiger partial charge >= 0.3 is 0 Å². The van der Waals surface area contributed by atoms with Crippen LogP contribution in [0.1, 0.15) is 115 Å². The van der Waals surface area contributed by atoms with Crippen LogP contribution in [-0.2, 0) is 28.4 Å². The Morgan fingerprint density at radius 2 is 0.871 bits per heavy atom. The molecular weight excluding hydrogens is 1080 g/mol. The van der Waals surface area contributed by atoms with Gasteiger partial charge in [-0.25, -0.2) is 0 Å². The Morgan fingerprint density at radius 3 is 1.26 bits per heavy atom. The number of benzene rings is 2. The molecule has 85 heavy (non-hydrogen) atoms. The van der Waals surface area contributed by atoms with Crippen molar-refractivity contribution >= 4 is 22.7 Å². The number of allylic oxidation sites excluding steroid dienone is 2. The number of hydrogen-bond donors (Lipinski definition) is 1. The molecule has 474 valence electrons. The van der Waals surface area contributed by atoms with E-state index < -0.39 is 0 Å². The predicted octanol–water partition coefficient (Wildman–Crippen LogP) is 11.9. The van der Waals surface area contributed by atoms with Gasteiger partial charge in [0.05, 0.1) is 114 Å². The smallest absolute Gasteiger partial charge is 0.121 e. The number of hydrogen-bond acceptors (Lipinski definition) is 17. The largest absolute Gasteiger partial charge is 0.491 e. The summed E-state index contributed by atoms with van der Waals surface area (Å²) in [6, 6.07) is 14.4. The van der Waals surface area contributed by atoms with Crippen LogP contribution in [0.3, 0.4) is 0 Å². The highest BCUT2D eigenvalue weighted by Gasteiger charge is 2.58. The highest BCUT2D eigenvalue weighted by Crippen LogP contribution is 2.57. The summed E-state index contributed by atoms with van der Waals surface area (Å²) in [5.74, 6) is 2.13. The molecular formula is C64H104N12O9. The summed E-state index contributed by atoms with van der Waals surface area (Å²) in [4.78, 5) is 21.9. The Hall–Kier alpha value is -5.60. The average Bonchev–Trinajstić information content (AvgIpc) is 1.59. The molecule has 1 aliphatic carbocycles. The minimum absolute atomic E-state index is 0.0196. The molecule has 2 aromatic rings. The summed E-state index contributed by atoms with van der Waals surface area (Å²) in [5, 5.41) is 17.3. The number of nitrogens with zero attached hydrogens (tertiary/aromatic N) is 12. The van der Waals surface area contributed by atoms with Gasteiger partial charge in [0.1, 0.15) is 43.2 Å². The second-order valence-corrected chi connectivity index (χ2v) is 23.9. The highest BCUT2D eigenvalue weighted by molar-refractivity contribution is 5.81. The second kappa shape index (κ2) is 35.3. The molecule has 1 saturated carbocycles. The van der Waals surface area contributed by atoms with Crippen molar-refractivity contribution in [3.8, 4) is 11.5 Å². The number of anilines is 4. The average molecular weight is 1190 g/mol. The van der Waals surface area contributed by atoms with Crippen molar-refractivity contribution in [1.82, 2.24) is 9.80 Å². The first-order chi connectivity index (χ1) is 41.1. The van der Waals surface area contributed by atoms with Crippen molar-refractivity contribution in [1.29, 1.82) is 0 Å². The molecule has 21 heteroatoms. The summed E-state index contributed by atoms with van der Waals surface area (Å²) < 4.78 is 47.2. The lowest BCUT2D eigenvalue weighted by Crippen LogP contribution is -2.65. The molecule has 0 radical (unpaired) electrons. The minimum Gasteiger partial charge on any atom is -0.491 e. The number of aliphatic hydroxyl groups is 1. The lowest BCUT2D eigenvalue weighted by molar-refractivity contribution is -0.00736. The fourth-order valence-electron chi connectivity index (χ4n) is 13.4. The Labute approximate surface area is 508 Å². The van der Waals surface area contributed by atoms with E-state index >= 15 is 0 Å². The summed E-state index contributed by atoms with van der Waals surface area (Å²) in [6.45, 7) is 39.1. The first kappa shape index (κ1) is 68.5. The highest BCUT2D eigenvalue weighted by atomic mass is 16.6. The van der Waals surface area contributed by atoms with Crippen molar-refractivity contribution in [2.75, 3.05) is 132 Å². The molecule has 3 heterocycles. The van der Waals surface area contributed by atoms with Gasteiger partial charge in [0.15, 0.2) is 0 Å². The third-order valence-electron chi connectivity index (χ3n) is 16.4. The molecule has 2 aromatic carbocycles. The lowest BCUT2D eigenvalue weighted by Gasteiger charge is -2.54. The summed E-state index contributed by atoms with van der Waals surface area (Å²) in [6.07, 6.45) is 11.2. The maximum atomic E-state index is 10.4. The maximum absolute atomic E-state index is 10.4. The SMILES string of the molecule is C=CCC1=C(/C=C\CO)N(C(C)C)C(C2CCCCC(C3N(C(C)C)c4ccc(OCCOCCOCCOCCN=[N+]=[N-])cc4N3C(C)C)C2C2N(C(C)C)c3ccc(OCCOCCOCCOCCN=[N+]=[N-])cc3N2C(C)C)N1C(C)C. The molecule has 0 amide bonds. The van der Waals surface area contributed by atoms with E-state index in [2.05, 4.69) is 188 Å². The van der Waals surface area contributed by atoms with E-state index in [1.807, 2.05) is 6.08 Å². The molecule has 0 aromatic heterocycles. The van der Waals surface area contributed by atoms with Gasteiger partial charge in [-0.15, -0.1) is 6.58 Å². The quantitative estimate of drug-likeness (QED) is 0.0165. The van der Waals surface area contributed by atoms with Crippen molar-refractivity contribution in [2.24, 2.45) is 28.0 Å². The number of rotatable bonds is 39. The fraction of sp³-hybridized carbons (Fsp3) is 0.719. The van der Waals surface area contributed by atoms with Crippen molar-refractivity contribution in [3.63, 3.8) is 0 Å². The standard InChI is InChI=1S/C64H104N12O9/c1-14-18-55-56(21-17-28-77)72(46(4)5)62(71(55)45(2)3)53-19-15-16-20-54(63-73(47(6)7)57-24-22-51(43-59(57)75(63)49(10)11)84-41-39-82-37-35-80-33-31-78-29-26-67-69-65)61(53)64-74(48(8)9)58-25-23-52(44-60(58)76(64)50(12)13)85-42-40-83-38-36-81-34-32-79-30-27-68-70-66/h14,17,21-25,43-50,53-54,61-64,77H,1,15-16,18-20,26-42H2,2-13H3/b21-17-. The van der Waals surface area contributed by atoms with Gasteiger partial charge < -0.3 is 72.4 Å². The Balaban J connectivity index is 1.37. The van der Waals surface area contributed by atoms with E-state index in [4.69, 9.17) is 49.0 Å². The zero-order valence-electron chi connectivity index (χ0n) is 53.5. The predicted molar refractivity (Wildman–Crippen MR) is 340 cm³/mol.